The molecule has 0 aliphatic heterocycles. The van der Waals surface area contributed by atoms with E-state index >= 15 is 0 Å². The van der Waals surface area contributed by atoms with E-state index in [9.17, 15) is 0 Å². The van der Waals surface area contributed by atoms with E-state index in [1.54, 1.807) is 0 Å². The van der Waals surface area contributed by atoms with Gasteiger partial charge in [0.05, 0.1) is 0 Å². The molecule has 0 unspecified atom stereocenters. The zero-order chi connectivity index (χ0) is 12.7. The van der Waals surface area contributed by atoms with Crippen LogP contribution in [-0.4, -0.2) is 4.98 Å². The quantitative estimate of drug-likeness (QED) is 0.524. The van der Waals surface area contributed by atoms with Gasteiger partial charge in [-0.15, -0.1) is 0 Å². The normalized spacial score (nSPS) is 11.0. The largest absolute Gasteiger partial charge is 0.436 e. The lowest BCUT2D eigenvalue weighted by Gasteiger charge is -1.95. The number of aromatic nitrogens is 2. The Morgan fingerprint density at radius 1 is 1.22 bits per heavy atom. The number of nitrogens with zero attached hydrogens (tertiary/aromatic N) is 2. The first-order chi connectivity index (χ1) is 8.63. The van der Waals surface area contributed by atoms with Crippen LogP contribution in [0.3, 0.4) is 0 Å². The van der Waals surface area contributed by atoms with Gasteiger partial charge in [0.1, 0.15) is 12.6 Å². The molecule has 2 aromatic heterocycles. The maximum Gasteiger partial charge on any atom is 0.227 e. The lowest BCUT2D eigenvalue weighted by molar-refractivity contribution is -0.671. The third kappa shape index (κ3) is 1.72. The summed E-state index contributed by atoms with van der Waals surface area (Å²) in [6.45, 7) is 1.97. The van der Waals surface area contributed by atoms with Crippen LogP contribution in [0.15, 0.2) is 41.1 Å². The molecule has 0 saturated heterocycles. The molecular formula is C14H14N3O+. The van der Waals surface area contributed by atoms with Crippen molar-refractivity contribution in [1.82, 2.24) is 4.98 Å². The molecule has 2 N–H and O–H groups in total. The summed E-state index contributed by atoms with van der Waals surface area (Å²) in [6, 6.07) is 7.67. The molecule has 0 bridgehead atoms. The number of hydrogen-bond donors (Lipinski definition) is 1. The molecule has 18 heavy (non-hydrogen) atoms. The Kier molecular flexibility index (Phi) is 2.30. The van der Waals surface area contributed by atoms with Crippen LogP contribution in [0.5, 0.6) is 0 Å². The molecule has 3 rings (SSSR count). The Hall–Kier alpha value is -2.36. The Bertz CT molecular complexity index is 714. The second-order valence-corrected chi connectivity index (χ2v) is 4.46. The summed E-state index contributed by atoms with van der Waals surface area (Å²) in [5.41, 5.74) is 10.1. The van der Waals surface area contributed by atoms with Crippen molar-refractivity contribution in [3.8, 4) is 11.5 Å². The van der Waals surface area contributed by atoms with Crippen LogP contribution in [0.25, 0.3) is 22.6 Å². The van der Waals surface area contributed by atoms with Crippen LogP contribution >= 0.6 is 0 Å². The lowest BCUT2D eigenvalue weighted by atomic mass is 10.2. The number of nitrogen functional groups attached to an aromatic ring is 1. The molecule has 0 aliphatic carbocycles. The Balaban J connectivity index is 2.19. The molecule has 0 aliphatic rings. The fourth-order valence-corrected chi connectivity index (χ4v) is 1.99. The van der Waals surface area contributed by atoms with Crippen molar-refractivity contribution < 1.29 is 8.98 Å². The van der Waals surface area contributed by atoms with Crippen LogP contribution in [0.2, 0.25) is 0 Å². The van der Waals surface area contributed by atoms with Gasteiger partial charge in [0.15, 0.2) is 18.0 Å². The number of fused-ring (bicyclic) bond motifs is 1. The average molecular weight is 240 g/mol. The first kappa shape index (κ1) is 10.8. The Morgan fingerprint density at radius 3 is 2.67 bits per heavy atom. The maximum absolute atomic E-state index is 5.81. The van der Waals surface area contributed by atoms with Crippen LogP contribution < -0.4 is 10.3 Å². The Labute approximate surface area is 105 Å². The molecule has 2 heterocycles. The Morgan fingerprint density at radius 2 is 1.94 bits per heavy atom. The molecule has 0 atom stereocenters. The predicted molar refractivity (Wildman–Crippen MR) is 69.8 cm³/mol. The first-order valence-electron chi connectivity index (χ1n) is 5.76. The number of oxazole rings is 1. The average Bonchev–Trinajstić information content (AvgIpc) is 2.74. The molecule has 0 radical (unpaired) electrons. The van der Waals surface area contributed by atoms with Gasteiger partial charge in [-0.3, -0.25) is 0 Å². The van der Waals surface area contributed by atoms with Gasteiger partial charge < -0.3 is 10.2 Å². The monoisotopic (exact) mass is 240 g/mol. The summed E-state index contributed by atoms with van der Waals surface area (Å²) in [5, 5.41) is 0. The van der Waals surface area contributed by atoms with Crippen LogP contribution in [0.1, 0.15) is 5.56 Å². The minimum atomic E-state index is 0.624. The zero-order valence-corrected chi connectivity index (χ0v) is 10.3. The van der Waals surface area contributed by atoms with Crippen molar-refractivity contribution in [2.45, 2.75) is 6.92 Å². The molecule has 0 spiro atoms. The van der Waals surface area contributed by atoms with Gasteiger partial charge in [-0.2, -0.15) is 0 Å². The van der Waals surface area contributed by atoms with Crippen molar-refractivity contribution in [1.29, 1.82) is 0 Å². The highest BCUT2D eigenvalue weighted by atomic mass is 16.3. The van der Waals surface area contributed by atoms with Crippen molar-refractivity contribution in [3.05, 3.63) is 42.2 Å². The van der Waals surface area contributed by atoms with E-state index in [2.05, 4.69) is 4.98 Å². The number of hydrogen-bond acceptors (Lipinski definition) is 3. The SMILES string of the molecule is Cc1cc(N)cc2nc(-c3cc[n+](C)cc3)oc12. The third-order valence-corrected chi connectivity index (χ3v) is 2.92. The van der Waals surface area contributed by atoms with Gasteiger partial charge in [0.2, 0.25) is 5.89 Å². The maximum atomic E-state index is 5.81. The van der Waals surface area contributed by atoms with Crippen LogP contribution in [0, 0.1) is 6.92 Å². The molecule has 90 valence electrons. The summed E-state index contributed by atoms with van der Waals surface area (Å²) in [7, 11) is 1.97. The molecule has 0 amide bonds. The number of aryl methyl sites for hydroxylation is 2. The van der Waals surface area contributed by atoms with E-state index in [0.29, 0.717) is 11.6 Å². The van der Waals surface area contributed by atoms with Gasteiger partial charge in [-0.1, -0.05) is 0 Å². The van der Waals surface area contributed by atoms with E-state index in [-0.39, 0.29) is 0 Å². The summed E-state index contributed by atoms with van der Waals surface area (Å²) in [6.07, 6.45) is 3.93. The first-order valence-corrected chi connectivity index (χ1v) is 5.76. The molecule has 0 fully saturated rings. The number of benzene rings is 1. The lowest BCUT2D eigenvalue weighted by Crippen LogP contribution is -2.25. The minimum absolute atomic E-state index is 0.624. The number of nitrogens with two attached hydrogens (primary N) is 1. The van der Waals surface area contributed by atoms with Gasteiger partial charge in [-0.25, -0.2) is 9.55 Å². The minimum Gasteiger partial charge on any atom is -0.436 e. The number of anilines is 1. The van der Waals surface area contributed by atoms with Gasteiger partial charge in [-0.05, 0) is 24.6 Å². The smallest absolute Gasteiger partial charge is 0.227 e. The van der Waals surface area contributed by atoms with Gasteiger partial charge in [0, 0.05) is 23.4 Å². The van der Waals surface area contributed by atoms with Crippen molar-refractivity contribution >= 4 is 16.8 Å². The second-order valence-electron chi connectivity index (χ2n) is 4.46. The van der Waals surface area contributed by atoms with E-state index < -0.39 is 0 Å². The molecule has 4 nitrogen and oxygen atoms in total. The predicted octanol–water partition coefficient (Wildman–Crippen LogP) is 2.21. The molecule has 3 aromatic rings. The van der Waals surface area contributed by atoms with Crippen molar-refractivity contribution in [2.75, 3.05) is 5.73 Å². The second kappa shape index (κ2) is 3.84. The third-order valence-electron chi connectivity index (χ3n) is 2.92. The molecule has 1 aromatic carbocycles. The molecular weight excluding hydrogens is 226 g/mol. The topological polar surface area (TPSA) is 55.9 Å². The molecule has 0 saturated carbocycles. The van der Waals surface area contributed by atoms with Gasteiger partial charge >= 0.3 is 0 Å². The fourth-order valence-electron chi connectivity index (χ4n) is 1.99. The number of rotatable bonds is 1. The highest BCUT2D eigenvalue weighted by Gasteiger charge is 2.11. The van der Waals surface area contributed by atoms with Crippen molar-refractivity contribution in [3.63, 3.8) is 0 Å². The van der Waals surface area contributed by atoms with E-state index in [4.69, 9.17) is 10.2 Å². The van der Waals surface area contributed by atoms with E-state index in [1.165, 1.54) is 0 Å². The van der Waals surface area contributed by atoms with E-state index in [1.807, 2.05) is 55.2 Å². The summed E-state index contributed by atoms with van der Waals surface area (Å²) in [5.74, 6) is 0.624. The highest BCUT2D eigenvalue weighted by molar-refractivity contribution is 5.82. The fraction of sp³-hybridized carbons (Fsp3) is 0.143. The summed E-state index contributed by atoms with van der Waals surface area (Å²) < 4.78 is 7.77. The molecule has 4 heteroatoms. The number of pyridine rings is 1. The van der Waals surface area contributed by atoms with Gasteiger partial charge in [0.25, 0.3) is 0 Å². The van der Waals surface area contributed by atoms with Crippen molar-refractivity contribution in [2.24, 2.45) is 7.05 Å². The highest BCUT2D eigenvalue weighted by Crippen LogP contribution is 2.27. The van der Waals surface area contributed by atoms with Crippen LogP contribution in [-0.2, 0) is 7.05 Å². The van der Waals surface area contributed by atoms with Crippen LogP contribution in [0.4, 0.5) is 5.69 Å². The van der Waals surface area contributed by atoms with E-state index in [0.717, 1.165) is 22.2 Å². The standard InChI is InChI=1S/C14H14N3O/c1-9-7-11(15)8-12-13(9)18-14(16-12)10-3-5-17(2)6-4-10/h3-8H,15H2,1-2H3/q+1. The summed E-state index contributed by atoms with van der Waals surface area (Å²) in [4.78, 5) is 4.48. The summed E-state index contributed by atoms with van der Waals surface area (Å²) >= 11 is 0. The zero-order valence-electron chi connectivity index (χ0n) is 10.3.